The molecule has 8 nitrogen and oxygen atoms in total. The number of nitrogens with zero attached hydrogens (tertiary/aromatic N) is 1. The fourth-order valence-corrected chi connectivity index (χ4v) is 3.44. The number of benzene rings is 2. The van der Waals surface area contributed by atoms with Crippen molar-refractivity contribution < 1.29 is 14.8 Å². The highest BCUT2D eigenvalue weighted by Gasteiger charge is 2.15. The predicted molar refractivity (Wildman–Crippen MR) is 120 cm³/mol. The average molecular weight is 422 g/mol. The molecule has 2 amide bonds. The number of H-pyrrole nitrogens is 1. The van der Waals surface area contributed by atoms with E-state index in [-0.39, 0.29) is 30.1 Å². The van der Waals surface area contributed by atoms with Gasteiger partial charge in [0.05, 0.1) is 6.54 Å². The van der Waals surface area contributed by atoms with Crippen LogP contribution in [0.3, 0.4) is 0 Å². The molecule has 0 bridgehead atoms. The fraction of sp³-hybridized carbons (Fsp3) is 0.261. The van der Waals surface area contributed by atoms with Gasteiger partial charge in [-0.05, 0) is 36.1 Å². The zero-order chi connectivity index (χ0) is 22.2. The van der Waals surface area contributed by atoms with E-state index in [1.165, 1.54) is 0 Å². The Morgan fingerprint density at radius 3 is 2.77 bits per heavy atom. The van der Waals surface area contributed by atoms with Crippen molar-refractivity contribution in [2.24, 2.45) is 16.8 Å². The molecule has 0 spiro atoms. The van der Waals surface area contributed by atoms with Gasteiger partial charge in [-0.3, -0.25) is 9.59 Å². The number of fused-ring (bicyclic) bond motifs is 1. The molecule has 0 saturated heterocycles. The summed E-state index contributed by atoms with van der Waals surface area (Å²) < 4.78 is 0. The lowest BCUT2D eigenvalue weighted by Crippen LogP contribution is -2.40. The van der Waals surface area contributed by atoms with Crippen LogP contribution in [0.1, 0.15) is 23.6 Å². The first-order valence-corrected chi connectivity index (χ1v) is 10.1. The summed E-state index contributed by atoms with van der Waals surface area (Å²) in [6.07, 6.45) is 3.13. The van der Waals surface area contributed by atoms with Crippen LogP contribution in [0.2, 0.25) is 0 Å². The topological polar surface area (TPSA) is 133 Å². The van der Waals surface area contributed by atoms with Crippen LogP contribution < -0.4 is 16.4 Å². The maximum absolute atomic E-state index is 12.4. The van der Waals surface area contributed by atoms with Gasteiger partial charge in [0.25, 0.3) is 0 Å². The Balaban J connectivity index is 1.42. The van der Waals surface area contributed by atoms with Gasteiger partial charge in [0.2, 0.25) is 11.8 Å². The SMILES string of the molecule is CC(Cc1cccc(/C(N)=N/O)c1)C(=O)NCC(=O)NCCc1c[nH]c2ccccc12. The molecule has 0 fully saturated rings. The molecule has 0 radical (unpaired) electrons. The Labute approximate surface area is 180 Å². The van der Waals surface area contributed by atoms with E-state index in [1.54, 1.807) is 25.1 Å². The molecular formula is C23H27N5O3. The number of oxime groups is 1. The summed E-state index contributed by atoms with van der Waals surface area (Å²) in [5, 5.41) is 18.4. The number of hydrogen-bond acceptors (Lipinski definition) is 4. The molecule has 0 aliphatic carbocycles. The van der Waals surface area contributed by atoms with Gasteiger partial charge in [-0.2, -0.15) is 0 Å². The van der Waals surface area contributed by atoms with Crippen LogP contribution in [0.4, 0.5) is 0 Å². The van der Waals surface area contributed by atoms with Crippen molar-refractivity contribution in [1.29, 1.82) is 0 Å². The number of rotatable bonds is 9. The van der Waals surface area contributed by atoms with Crippen molar-refractivity contribution in [3.05, 3.63) is 71.4 Å². The lowest BCUT2D eigenvalue weighted by molar-refractivity contribution is -0.128. The fourth-order valence-electron chi connectivity index (χ4n) is 3.44. The van der Waals surface area contributed by atoms with Gasteiger partial charge in [0.1, 0.15) is 0 Å². The molecule has 3 aromatic rings. The second-order valence-corrected chi connectivity index (χ2v) is 7.47. The molecule has 1 atom stereocenters. The standard InChI is InChI=1S/C23H27N5O3/c1-15(11-16-5-4-6-17(12-16)22(24)28-31)23(30)27-14-21(29)25-10-9-18-13-26-20-8-3-2-7-19(18)20/h2-8,12-13,15,26,31H,9-11,14H2,1H3,(H2,24,28)(H,25,29)(H,27,30). The summed E-state index contributed by atoms with van der Waals surface area (Å²) in [6, 6.07) is 15.2. The maximum atomic E-state index is 12.4. The summed E-state index contributed by atoms with van der Waals surface area (Å²) in [4.78, 5) is 27.7. The molecule has 8 heteroatoms. The van der Waals surface area contributed by atoms with E-state index in [0.29, 0.717) is 24.9 Å². The maximum Gasteiger partial charge on any atom is 0.239 e. The van der Waals surface area contributed by atoms with Crippen LogP contribution in [-0.2, 0) is 22.4 Å². The summed E-state index contributed by atoms with van der Waals surface area (Å²) in [5.41, 5.74) is 9.29. The van der Waals surface area contributed by atoms with Crippen molar-refractivity contribution in [1.82, 2.24) is 15.6 Å². The first-order chi connectivity index (χ1) is 15.0. The molecule has 6 N–H and O–H groups in total. The number of amides is 2. The van der Waals surface area contributed by atoms with E-state index in [0.717, 1.165) is 22.0 Å². The molecule has 0 aliphatic heterocycles. The summed E-state index contributed by atoms with van der Waals surface area (Å²) in [6.45, 7) is 2.22. The number of carbonyl (C=O) groups excluding carboxylic acids is 2. The van der Waals surface area contributed by atoms with Crippen molar-refractivity contribution in [2.45, 2.75) is 19.8 Å². The van der Waals surface area contributed by atoms with Gasteiger partial charge >= 0.3 is 0 Å². The van der Waals surface area contributed by atoms with Gasteiger partial charge in [-0.25, -0.2) is 0 Å². The Hall–Kier alpha value is -3.81. The van der Waals surface area contributed by atoms with Crippen LogP contribution in [0.5, 0.6) is 0 Å². The highest BCUT2D eigenvalue weighted by molar-refractivity contribution is 5.97. The smallest absolute Gasteiger partial charge is 0.239 e. The van der Waals surface area contributed by atoms with E-state index < -0.39 is 0 Å². The Bertz CT molecular complexity index is 1090. The third-order valence-corrected chi connectivity index (χ3v) is 5.13. The summed E-state index contributed by atoms with van der Waals surface area (Å²) >= 11 is 0. The van der Waals surface area contributed by atoms with Gasteiger partial charge in [-0.15, -0.1) is 0 Å². The Kier molecular flexibility index (Phi) is 7.26. The monoisotopic (exact) mass is 421 g/mol. The summed E-state index contributed by atoms with van der Waals surface area (Å²) in [5.74, 6) is -0.750. The highest BCUT2D eigenvalue weighted by atomic mass is 16.4. The number of amidine groups is 1. The number of aromatic nitrogens is 1. The lowest BCUT2D eigenvalue weighted by Gasteiger charge is -2.13. The molecule has 162 valence electrons. The minimum absolute atomic E-state index is 0.0169. The molecule has 1 aromatic heterocycles. The first-order valence-electron chi connectivity index (χ1n) is 10.1. The van der Waals surface area contributed by atoms with Gasteiger partial charge in [0.15, 0.2) is 5.84 Å². The molecule has 2 aromatic carbocycles. The van der Waals surface area contributed by atoms with Gasteiger partial charge in [0, 0.05) is 35.1 Å². The zero-order valence-electron chi connectivity index (χ0n) is 17.4. The first kappa shape index (κ1) is 21.9. The van der Waals surface area contributed by atoms with E-state index in [1.807, 2.05) is 36.5 Å². The van der Waals surface area contributed by atoms with Crippen LogP contribution >= 0.6 is 0 Å². The van der Waals surface area contributed by atoms with Crippen molar-refractivity contribution in [2.75, 3.05) is 13.1 Å². The largest absolute Gasteiger partial charge is 0.409 e. The number of nitrogens with one attached hydrogen (secondary N) is 3. The molecule has 0 saturated carbocycles. The second-order valence-electron chi connectivity index (χ2n) is 7.47. The number of nitrogens with two attached hydrogens (primary N) is 1. The number of para-hydroxylation sites is 1. The number of aromatic amines is 1. The molecule has 1 unspecified atom stereocenters. The minimum Gasteiger partial charge on any atom is -0.409 e. The van der Waals surface area contributed by atoms with Crippen molar-refractivity contribution in [3.8, 4) is 0 Å². The van der Waals surface area contributed by atoms with Gasteiger partial charge < -0.3 is 26.6 Å². The molecule has 31 heavy (non-hydrogen) atoms. The Morgan fingerprint density at radius 2 is 1.97 bits per heavy atom. The third-order valence-electron chi connectivity index (χ3n) is 5.13. The quantitative estimate of drug-likeness (QED) is 0.156. The van der Waals surface area contributed by atoms with E-state index >= 15 is 0 Å². The van der Waals surface area contributed by atoms with E-state index in [9.17, 15) is 9.59 Å². The minimum atomic E-state index is -0.332. The second kappa shape index (κ2) is 10.3. The van der Waals surface area contributed by atoms with E-state index in [2.05, 4.69) is 20.8 Å². The predicted octanol–water partition coefficient (Wildman–Crippen LogP) is 1.92. The number of carbonyl (C=O) groups is 2. The molecule has 3 rings (SSSR count). The molecule has 1 heterocycles. The van der Waals surface area contributed by atoms with Crippen LogP contribution in [-0.4, -0.2) is 40.9 Å². The van der Waals surface area contributed by atoms with Gasteiger partial charge in [-0.1, -0.05) is 48.5 Å². The van der Waals surface area contributed by atoms with Crippen molar-refractivity contribution >= 4 is 28.6 Å². The van der Waals surface area contributed by atoms with Crippen LogP contribution in [0.25, 0.3) is 10.9 Å². The molecule has 0 aliphatic rings. The lowest BCUT2D eigenvalue weighted by atomic mass is 9.98. The van der Waals surface area contributed by atoms with Crippen LogP contribution in [0.15, 0.2) is 59.9 Å². The average Bonchev–Trinajstić information content (AvgIpc) is 3.20. The molecular weight excluding hydrogens is 394 g/mol. The zero-order valence-corrected chi connectivity index (χ0v) is 17.4. The normalized spacial score (nSPS) is 12.5. The van der Waals surface area contributed by atoms with Crippen molar-refractivity contribution in [3.63, 3.8) is 0 Å². The third kappa shape index (κ3) is 5.85. The van der Waals surface area contributed by atoms with E-state index in [4.69, 9.17) is 10.9 Å². The Morgan fingerprint density at radius 1 is 1.16 bits per heavy atom. The van der Waals surface area contributed by atoms with Crippen LogP contribution in [0, 0.1) is 5.92 Å². The highest BCUT2D eigenvalue weighted by Crippen LogP contribution is 2.17. The number of hydrogen-bond donors (Lipinski definition) is 5. The summed E-state index contributed by atoms with van der Waals surface area (Å²) in [7, 11) is 0.